The molecule has 0 N–H and O–H groups in total. The first kappa shape index (κ1) is 15.2. The summed E-state index contributed by atoms with van der Waals surface area (Å²) in [6, 6.07) is 0. The number of amides is 1. The van der Waals surface area contributed by atoms with Crippen molar-refractivity contribution >= 4 is 5.91 Å². The van der Waals surface area contributed by atoms with Crippen LogP contribution in [0.15, 0.2) is 12.7 Å². The maximum absolute atomic E-state index is 12.0. The third kappa shape index (κ3) is 5.91. The van der Waals surface area contributed by atoms with Crippen LogP contribution < -0.4 is 0 Å². The molecular formula is C13H25NO2. The second-order valence-electron chi connectivity index (χ2n) is 5.86. The summed E-state index contributed by atoms with van der Waals surface area (Å²) in [6.07, 6.45) is 1.74. The van der Waals surface area contributed by atoms with E-state index in [0.717, 1.165) is 0 Å². The summed E-state index contributed by atoms with van der Waals surface area (Å²) in [4.78, 5) is 13.7. The molecule has 0 rings (SSSR count). The number of hydrogen-bond acceptors (Lipinski definition) is 2. The number of carbonyl (C=O) groups excluding carboxylic acids is 1. The molecule has 0 saturated heterocycles. The Kier molecular flexibility index (Phi) is 5.20. The van der Waals surface area contributed by atoms with Crippen molar-refractivity contribution in [1.29, 1.82) is 0 Å². The second kappa shape index (κ2) is 5.48. The van der Waals surface area contributed by atoms with E-state index in [-0.39, 0.29) is 23.7 Å². The van der Waals surface area contributed by atoms with Crippen LogP contribution in [0.3, 0.4) is 0 Å². The van der Waals surface area contributed by atoms with E-state index in [2.05, 4.69) is 6.58 Å². The fraction of sp³-hybridized carbons (Fsp3) is 0.769. The van der Waals surface area contributed by atoms with Crippen LogP contribution in [0.2, 0.25) is 0 Å². The average Bonchev–Trinajstić information content (AvgIpc) is 2.07. The molecule has 3 heteroatoms. The van der Waals surface area contributed by atoms with E-state index >= 15 is 0 Å². The minimum Gasteiger partial charge on any atom is -0.366 e. The van der Waals surface area contributed by atoms with Gasteiger partial charge >= 0.3 is 0 Å². The van der Waals surface area contributed by atoms with Gasteiger partial charge in [0.2, 0.25) is 5.91 Å². The standard InChI is InChI=1S/C13H25NO2/c1-8-9-14(12(2,3)4)11(15)10-16-13(5,6)7/h8H,1,9-10H2,2-7H3. The van der Waals surface area contributed by atoms with Gasteiger partial charge in [-0.25, -0.2) is 0 Å². The van der Waals surface area contributed by atoms with Crippen molar-refractivity contribution in [3.63, 3.8) is 0 Å². The van der Waals surface area contributed by atoms with Gasteiger partial charge in [0.25, 0.3) is 0 Å². The third-order valence-corrected chi connectivity index (χ3v) is 2.05. The van der Waals surface area contributed by atoms with Crippen LogP contribution in [-0.2, 0) is 9.53 Å². The second-order valence-corrected chi connectivity index (χ2v) is 5.86. The van der Waals surface area contributed by atoms with Crippen LogP contribution in [-0.4, -0.2) is 35.1 Å². The van der Waals surface area contributed by atoms with Crippen molar-refractivity contribution in [2.75, 3.05) is 13.2 Å². The first-order valence-electron chi connectivity index (χ1n) is 5.63. The molecule has 0 aromatic rings. The van der Waals surface area contributed by atoms with Crippen molar-refractivity contribution in [2.45, 2.75) is 52.7 Å². The number of nitrogens with zero attached hydrogens (tertiary/aromatic N) is 1. The predicted octanol–water partition coefficient (Wildman–Crippen LogP) is 2.61. The normalized spacial score (nSPS) is 12.4. The molecule has 0 heterocycles. The maximum Gasteiger partial charge on any atom is 0.249 e. The van der Waals surface area contributed by atoms with E-state index in [1.165, 1.54) is 0 Å². The lowest BCUT2D eigenvalue weighted by Crippen LogP contribution is -2.48. The average molecular weight is 227 g/mol. The van der Waals surface area contributed by atoms with E-state index in [0.29, 0.717) is 6.54 Å². The molecule has 0 aliphatic carbocycles. The highest BCUT2D eigenvalue weighted by Gasteiger charge is 2.26. The molecule has 94 valence electrons. The zero-order valence-electron chi connectivity index (χ0n) is 11.5. The lowest BCUT2D eigenvalue weighted by Gasteiger charge is -2.35. The molecule has 0 fully saturated rings. The van der Waals surface area contributed by atoms with Gasteiger partial charge in [0, 0.05) is 12.1 Å². The molecule has 0 saturated carbocycles. The van der Waals surface area contributed by atoms with Crippen LogP contribution >= 0.6 is 0 Å². The summed E-state index contributed by atoms with van der Waals surface area (Å²) < 4.78 is 5.49. The van der Waals surface area contributed by atoms with Crippen molar-refractivity contribution in [1.82, 2.24) is 4.90 Å². The van der Waals surface area contributed by atoms with Gasteiger partial charge in [-0.2, -0.15) is 0 Å². The Bertz CT molecular complexity index is 246. The summed E-state index contributed by atoms with van der Waals surface area (Å²) in [5.74, 6) is 0.00215. The molecule has 0 radical (unpaired) electrons. The Morgan fingerprint density at radius 2 is 1.75 bits per heavy atom. The minimum absolute atomic E-state index is 0.00215. The van der Waals surface area contributed by atoms with Crippen LogP contribution in [0.25, 0.3) is 0 Å². The van der Waals surface area contributed by atoms with Crippen molar-refractivity contribution in [3.05, 3.63) is 12.7 Å². The highest BCUT2D eigenvalue weighted by Crippen LogP contribution is 2.15. The van der Waals surface area contributed by atoms with Gasteiger partial charge < -0.3 is 9.64 Å². The van der Waals surface area contributed by atoms with E-state index in [1.807, 2.05) is 41.5 Å². The topological polar surface area (TPSA) is 29.5 Å². The Hall–Kier alpha value is -0.830. The lowest BCUT2D eigenvalue weighted by atomic mass is 10.1. The van der Waals surface area contributed by atoms with Crippen LogP contribution in [0.4, 0.5) is 0 Å². The van der Waals surface area contributed by atoms with E-state index < -0.39 is 0 Å². The zero-order chi connectivity index (χ0) is 13.0. The first-order valence-corrected chi connectivity index (χ1v) is 5.63. The quantitative estimate of drug-likeness (QED) is 0.691. The largest absolute Gasteiger partial charge is 0.366 e. The lowest BCUT2D eigenvalue weighted by molar-refractivity contribution is -0.145. The summed E-state index contributed by atoms with van der Waals surface area (Å²) >= 11 is 0. The SMILES string of the molecule is C=CCN(C(=O)COC(C)(C)C)C(C)(C)C. The van der Waals surface area contributed by atoms with E-state index in [9.17, 15) is 4.79 Å². The Morgan fingerprint density at radius 1 is 1.25 bits per heavy atom. The van der Waals surface area contributed by atoms with E-state index in [4.69, 9.17) is 4.74 Å². The molecule has 3 nitrogen and oxygen atoms in total. The molecule has 0 aliphatic rings. The fourth-order valence-corrected chi connectivity index (χ4v) is 1.24. The van der Waals surface area contributed by atoms with Gasteiger partial charge in [0.05, 0.1) is 5.60 Å². The van der Waals surface area contributed by atoms with Crippen LogP contribution in [0.1, 0.15) is 41.5 Å². The Labute approximate surface area is 99.5 Å². The van der Waals surface area contributed by atoms with Gasteiger partial charge in [0.1, 0.15) is 6.61 Å². The molecule has 0 aromatic heterocycles. The van der Waals surface area contributed by atoms with Crippen LogP contribution in [0, 0.1) is 0 Å². The fourth-order valence-electron chi connectivity index (χ4n) is 1.24. The monoisotopic (exact) mass is 227 g/mol. The van der Waals surface area contributed by atoms with Crippen LogP contribution in [0.5, 0.6) is 0 Å². The van der Waals surface area contributed by atoms with Gasteiger partial charge in [-0.3, -0.25) is 4.79 Å². The van der Waals surface area contributed by atoms with Crippen molar-refractivity contribution in [2.24, 2.45) is 0 Å². The molecule has 0 aliphatic heterocycles. The molecule has 0 spiro atoms. The Balaban J connectivity index is 4.46. The number of hydrogen-bond donors (Lipinski definition) is 0. The summed E-state index contributed by atoms with van der Waals surface area (Å²) in [5.41, 5.74) is -0.486. The van der Waals surface area contributed by atoms with Crippen molar-refractivity contribution in [3.8, 4) is 0 Å². The highest BCUT2D eigenvalue weighted by molar-refractivity contribution is 5.78. The molecular weight excluding hydrogens is 202 g/mol. The van der Waals surface area contributed by atoms with Gasteiger partial charge in [-0.15, -0.1) is 6.58 Å². The summed E-state index contributed by atoms with van der Waals surface area (Å²) in [6.45, 7) is 16.2. The highest BCUT2D eigenvalue weighted by atomic mass is 16.5. The number of carbonyl (C=O) groups is 1. The number of rotatable bonds is 4. The third-order valence-electron chi connectivity index (χ3n) is 2.05. The summed E-state index contributed by atoms with van der Waals surface area (Å²) in [5, 5.41) is 0. The van der Waals surface area contributed by atoms with Gasteiger partial charge in [-0.1, -0.05) is 6.08 Å². The molecule has 0 atom stereocenters. The van der Waals surface area contributed by atoms with Gasteiger partial charge in [-0.05, 0) is 41.5 Å². The minimum atomic E-state index is -0.284. The zero-order valence-corrected chi connectivity index (χ0v) is 11.5. The maximum atomic E-state index is 12.0. The molecule has 0 bridgehead atoms. The van der Waals surface area contributed by atoms with Crippen molar-refractivity contribution < 1.29 is 9.53 Å². The Morgan fingerprint density at radius 3 is 2.06 bits per heavy atom. The first-order chi connectivity index (χ1) is 7.08. The molecule has 1 amide bonds. The number of ether oxygens (including phenoxy) is 1. The molecule has 0 aromatic carbocycles. The molecule has 0 unspecified atom stereocenters. The summed E-state index contributed by atoms with van der Waals surface area (Å²) in [7, 11) is 0. The predicted molar refractivity (Wildman–Crippen MR) is 67.4 cm³/mol. The van der Waals surface area contributed by atoms with Gasteiger partial charge in [0.15, 0.2) is 0 Å². The van der Waals surface area contributed by atoms with E-state index in [1.54, 1.807) is 11.0 Å². The smallest absolute Gasteiger partial charge is 0.249 e. The molecule has 16 heavy (non-hydrogen) atoms.